The van der Waals surface area contributed by atoms with Gasteiger partial charge in [0.15, 0.2) is 0 Å². The van der Waals surface area contributed by atoms with Crippen LogP contribution in [0.5, 0.6) is 0 Å². The first kappa shape index (κ1) is 12.6. The van der Waals surface area contributed by atoms with Crippen LogP contribution in [0, 0.1) is 5.82 Å². The predicted octanol–water partition coefficient (Wildman–Crippen LogP) is 3.03. The average Bonchev–Trinajstić information content (AvgIpc) is 2.68. The Kier molecular flexibility index (Phi) is 3.24. The Morgan fingerprint density at radius 3 is 2.89 bits per heavy atom. The topological polar surface area (TPSA) is 29.5 Å². The number of carbonyl (C=O) groups excluding carboxylic acids is 1. The molecule has 0 bridgehead atoms. The first-order chi connectivity index (χ1) is 9.22. The molecule has 19 heavy (non-hydrogen) atoms. The molecule has 0 saturated carbocycles. The van der Waals surface area contributed by atoms with Gasteiger partial charge in [-0.05, 0) is 18.6 Å². The number of ether oxygens (including phenoxy) is 1. The van der Waals surface area contributed by atoms with Crippen LogP contribution in [0.15, 0.2) is 18.2 Å². The predicted molar refractivity (Wildman–Crippen MR) is 73.0 cm³/mol. The van der Waals surface area contributed by atoms with E-state index in [2.05, 4.69) is 0 Å². The van der Waals surface area contributed by atoms with Gasteiger partial charge in [-0.25, -0.2) is 4.39 Å². The van der Waals surface area contributed by atoms with Crippen molar-refractivity contribution in [3.63, 3.8) is 0 Å². The van der Waals surface area contributed by atoms with Crippen molar-refractivity contribution in [2.45, 2.75) is 13.0 Å². The van der Waals surface area contributed by atoms with Crippen molar-refractivity contribution in [1.82, 2.24) is 4.90 Å². The first-order valence-corrected chi connectivity index (χ1v) is 7.02. The highest BCUT2D eigenvalue weighted by Gasteiger charge is 2.27. The van der Waals surface area contributed by atoms with Crippen LogP contribution in [0.25, 0.3) is 10.1 Å². The zero-order valence-electron chi connectivity index (χ0n) is 10.6. The number of carbonyl (C=O) groups is 1. The quantitative estimate of drug-likeness (QED) is 0.864. The molecule has 2 aromatic rings. The normalized spacial score (nSPS) is 14.7. The second kappa shape index (κ2) is 4.90. The lowest BCUT2D eigenvalue weighted by atomic mass is 10.1. The molecule has 1 saturated heterocycles. The highest BCUT2D eigenvalue weighted by molar-refractivity contribution is 7.21. The summed E-state index contributed by atoms with van der Waals surface area (Å²) in [6, 6.07) is 4.93. The van der Waals surface area contributed by atoms with Gasteiger partial charge in [-0.15, -0.1) is 11.3 Å². The molecule has 5 heteroatoms. The minimum Gasteiger partial charge on any atom is -0.380 e. The highest BCUT2D eigenvalue weighted by Crippen LogP contribution is 2.35. The number of halogens is 1. The van der Waals surface area contributed by atoms with Crippen molar-refractivity contribution in [2.24, 2.45) is 0 Å². The molecule has 0 N–H and O–H groups in total. The van der Waals surface area contributed by atoms with E-state index in [0.29, 0.717) is 15.8 Å². The van der Waals surface area contributed by atoms with Gasteiger partial charge < -0.3 is 9.64 Å². The van der Waals surface area contributed by atoms with Crippen LogP contribution in [0.2, 0.25) is 0 Å². The molecule has 2 heterocycles. The van der Waals surface area contributed by atoms with E-state index in [9.17, 15) is 9.18 Å². The van der Waals surface area contributed by atoms with Gasteiger partial charge in [0.1, 0.15) is 5.82 Å². The van der Waals surface area contributed by atoms with E-state index in [0.717, 1.165) is 24.2 Å². The highest BCUT2D eigenvalue weighted by atomic mass is 32.1. The lowest BCUT2D eigenvalue weighted by Gasteiger charge is -2.30. The Morgan fingerprint density at radius 1 is 1.47 bits per heavy atom. The smallest absolute Gasteiger partial charge is 0.264 e. The summed E-state index contributed by atoms with van der Waals surface area (Å²) in [5, 5.41) is 0.526. The summed E-state index contributed by atoms with van der Waals surface area (Å²) in [5.74, 6) is -0.289. The number of likely N-dealkylation sites (tertiary alicyclic amines) is 1. The third-order valence-corrected chi connectivity index (χ3v) is 4.57. The lowest BCUT2D eigenvalue weighted by Crippen LogP contribution is -2.42. The van der Waals surface area contributed by atoms with E-state index in [4.69, 9.17) is 4.74 Å². The molecular weight excluding hydrogens is 265 g/mol. The Labute approximate surface area is 114 Å². The summed E-state index contributed by atoms with van der Waals surface area (Å²) in [5.41, 5.74) is 0.678. The molecule has 1 aromatic heterocycles. The van der Waals surface area contributed by atoms with Crippen molar-refractivity contribution in [3.8, 4) is 0 Å². The molecule has 0 spiro atoms. The molecule has 100 valence electrons. The van der Waals surface area contributed by atoms with Crippen LogP contribution < -0.4 is 0 Å². The van der Waals surface area contributed by atoms with E-state index >= 15 is 0 Å². The van der Waals surface area contributed by atoms with E-state index in [-0.39, 0.29) is 18.3 Å². The van der Waals surface area contributed by atoms with Crippen LogP contribution in [0.3, 0.4) is 0 Å². The summed E-state index contributed by atoms with van der Waals surface area (Å²) >= 11 is 1.35. The SMILES string of the molecule is COCc1c(C(=O)N2CCC2)sc2cccc(F)c12. The summed E-state index contributed by atoms with van der Waals surface area (Å²) in [7, 11) is 1.56. The van der Waals surface area contributed by atoms with Gasteiger partial charge >= 0.3 is 0 Å². The summed E-state index contributed by atoms with van der Waals surface area (Å²) in [6.45, 7) is 1.85. The monoisotopic (exact) mass is 279 g/mol. The minimum atomic E-state index is -0.288. The van der Waals surface area contributed by atoms with Crippen molar-refractivity contribution in [2.75, 3.05) is 20.2 Å². The van der Waals surface area contributed by atoms with Gasteiger partial charge in [0.25, 0.3) is 5.91 Å². The van der Waals surface area contributed by atoms with E-state index < -0.39 is 0 Å². The third-order valence-electron chi connectivity index (χ3n) is 3.39. The zero-order chi connectivity index (χ0) is 13.4. The molecular formula is C14H14FNO2S. The number of fused-ring (bicyclic) bond motifs is 1. The van der Waals surface area contributed by atoms with Gasteiger partial charge in [-0.2, -0.15) is 0 Å². The maximum Gasteiger partial charge on any atom is 0.264 e. The van der Waals surface area contributed by atoms with Crippen LogP contribution in [0.1, 0.15) is 21.7 Å². The number of methoxy groups -OCH3 is 1. The van der Waals surface area contributed by atoms with Crippen LogP contribution >= 0.6 is 11.3 Å². The molecule has 1 aliphatic rings. The van der Waals surface area contributed by atoms with Crippen molar-refractivity contribution < 1.29 is 13.9 Å². The maximum atomic E-state index is 14.0. The Morgan fingerprint density at radius 2 is 2.26 bits per heavy atom. The lowest BCUT2D eigenvalue weighted by molar-refractivity contribution is 0.0653. The number of amides is 1. The Hall–Kier alpha value is -1.46. The van der Waals surface area contributed by atoms with Crippen molar-refractivity contribution >= 4 is 27.3 Å². The van der Waals surface area contributed by atoms with E-state index in [1.807, 2.05) is 6.07 Å². The summed E-state index contributed by atoms with van der Waals surface area (Å²) < 4.78 is 19.9. The zero-order valence-corrected chi connectivity index (χ0v) is 11.4. The molecule has 0 unspecified atom stereocenters. The Bertz CT molecular complexity index is 634. The van der Waals surface area contributed by atoms with Crippen LogP contribution in [-0.2, 0) is 11.3 Å². The molecule has 3 nitrogen and oxygen atoms in total. The van der Waals surface area contributed by atoms with Gasteiger partial charge in [0.2, 0.25) is 0 Å². The van der Waals surface area contributed by atoms with Gasteiger partial charge in [-0.3, -0.25) is 4.79 Å². The molecule has 1 aliphatic heterocycles. The average molecular weight is 279 g/mol. The standard InChI is InChI=1S/C14H14FNO2S/c1-18-8-9-12-10(15)4-2-5-11(12)19-13(9)14(17)16-6-3-7-16/h2,4-5H,3,6-8H2,1H3. The second-order valence-electron chi connectivity index (χ2n) is 4.60. The fourth-order valence-corrected chi connectivity index (χ4v) is 3.47. The summed E-state index contributed by atoms with van der Waals surface area (Å²) in [6.07, 6.45) is 1.05. The van der Waals surface area contributed by atoms with Gasteiger partial charge in [0.05, 0.1) is 11.5 Å². The fraction of sp³-hybridized carbons (Fsp3) is 0.357. The maximum absolute atomic E-state index is 14.0. The summed E-state index contributed by atoms with van der Waals surface area (Å²) in [4.78, 5) is 14.8. The van der Waals surface area contributed by atoms with Crippen LogP contribution in [-0.4, -0.2) is 31.0 Å². The largest absolute Gasteiger partial charge is 0.380 e. The molecule has 0 aliphatic carbocycles. The number of benzene rings is 1. The molecule has 3 rings (SSSR count). The fourth-order valence-electron chi connectivity index (χ4n) is 2.29. The molecule has 1 amide bonds. The van der Waals surface area contributed by atoms with Gasteiger partial charge in [-0.1, -0.05) is 6.07 Å². The van der Waals surface area contributed by atoms with Crippen molar-refractivity contribution in [1.29, 1.82) is 0 Å². The number of hydrogen-bond donors (Lipinski definition) is 0. The number of rotatable bonds is 3. The van der Waals surface area contributed by atoms with Crippen molar-refractivity contribution in [3.05, 3.63) is 34.5 Å². The number of thiophene rings is 1. The third kappa shape index (κ3) is 2.03. The molecule has 0 radical (unpaired) electrons. The molecule has 1 fully saturated rings. The molecule has 1 aromatic carbocycles. The van der Waals surface area contributed by atoms with E-state index in [1.165, 1.54) is 17.4 Å². The Balaban J connectivity index is 2.14. The number of hydrogen-bond acceptors (Lipinski definition) is 3. The minimum absolute atomic E-state index is 0.00102. The number of nitrogens with zero attached hydrogens (tertiary/aromatic N) is 1. The first-order valence-electron chi connectivity index (χ1n) is 6.20. The molecule has 0 atom stereocenters. The van der Waals surface area contributed by atoms with Gasteiger partial charge in [0, 0.05) is 35.8 Å². The van der Waals surface area contributed by atoms with E-state index in [1.54, 1.807) is 18.1 Å². The second-order valence-corrected chi connectivity index (χ2v) is 5.65. The van der Waals surface area contributed by atoms with Crippen LogP contribution in [0.4, 0.5) is 4.39 Å².